The molecule has 6 atom stereocenters. The smallest absolute Gasteiger partial charge is 0.185 e. The number of allylic oxidation sites excluding steroid dienone is 4. The fourth-order valence-electron chi connectivity index (χ4n) is 8.63. The zero-order chi connectivity index (χ0) is 31.0. The van der Waals surface area contributed by atoms with E-state index in [0.29, 0.717) is 22.3 Å². The van der Waals surface area contributed by atoms with Gasteiger partial charge in [0.25, 0.3) is 0 Å². The highest BCUT2D eigenvalue weighted by Crippen LogP contribution is 2.62. The van der Waals surface area contributed by atoms with Gasteiger partial charge in [0.2, 0.25) is 0 Å². The van der Waals surface area contributed by atoms with Crippen LogP contribution in [0.1, 0.15) is 22.3 Å². The molecule has 11 nitrogen and oxygen atoms in total. The van der Waals surface area contributed by atoms with E-state index >= 15 is 0 Å². The Morgan fingerprint density at radius 1 is 0.773 bits per heavy atom. The van der Waals surface area contributed by atoms with E-state index in [1.807, 2.05) is 0 Å². The largest absolute Gasteiger partial charge is 0.504 e. The third kappa shape index (κ3) is 3.11. The number of carbonyl (C=O) groups excluding carboxylic acids is 2. The van der Waals surface area contributed by atoms with Crippen molar-refractivity contribution < 1.29 is 54.4 Å². The lowest BCUT2D eigenvalue weighted by Gasteiger charge is -2.59. The average Bonchev–Trinajstić information content (AvgIpc) is 2.96. The van der Waals surface area contributed by atoms with E-state index in [4.69, 9.17) is 14.2 Å². The summed E-state index contributed by atoms with van der Waals surface area (Å²) in [5.41, 5.74) is -4.27. The zero-order valence-electron chi connectivity index (χ0n) is 23.4. The third-order valence-electron chi connectivity index (χ3n) is 10.2. The Morgan fingerprint density at radius 2 is 1.32 bits per heavy atom. The van der Waals surface area contributed by atoms with Gasteiger partial charge in [-0.25, -0.2) is 0 Å². The fraction of sp³-hybridized carbons (Fsp3) is 0.333. The van der Waals surface area contributed by atoms with E-state index in [1.54, 1.807) is 12.2 Å². The molecule has 6 N–H and O–H groups in total. The number of benzene rings is 2. The third-order valence-corrected chi connectivity index (χ3v) is 10.2. The maximum Gasteiger partial charge on any atom is 0.185 e. The molecule has 6 aliphatic rings. The van der Waals surface area contributed by atoms with Gasteiger partial charge in [0.05, 0.1) is 5.41 Å². The number of rotatable bonds is 2. The molecule has 4 bridgehead atoms. The highest BCUT2D eigenvalue weighted by molar-refractivity contribution is 6.08. The molecule has 226 valence electrons. The number of hydrogen-bond donors (Lipinski definition) is 6. The SMILES string of the molecule is CO[C@H]1[C@@]2(O)COC3=CC(=O)C([C@@H]4[C@]5(O)COC6=CC(=O)C=C[C@@]64c4cc(O)c(O)cc4C5)=C[C@@]31c1cc(O)c(O)cc1C2. The van der Waals surface area contributed by atoms with Crippen LogP contribution in [-0.4, -0.2) is 79.8 Å². The molecule has 4 aliphatic carbocycles. The number of aromatic hydroxyl groups is 4. The second-order valence-electron chi connectivity index (χ2n) is 12.6. The second kappa shape index (κ2) is 8.32. The predicted molar refractivity (Wildman–Crippen MR) is 150 cm³/mol. The molecule has 0 saturated carbocycles. The molecule has 11 heteroatoms. The van der Waals surface area contributed by atoms with Gasteiger partial charge in [-0.3, -0.25) is 9.59 Å². The summed E-state index contributed by atoms with van der Waals surface area (Å²) in [6, 6.07) is 5.44. The van der Waals surface area contributed by atoms with Gasteiger partial charge < -0.3 is 44.8 Å². The van der Waals surface area contributed by atoms with E-state index in [1.165, 1.54) is 49.6 Å². The van der Waals surface area contributed by atoms with Gasteiger partial charge in [-0.15, -0.1) is 0 Å². The van der Waals surface area contributed by atoms with Crippen LogP contribution in [0.25, 0.3) is 0 Å². The maximum absolute atomic E-state index is 14.2. The second-order valence-corrected chi connectivity index (χ2v) is 12.6. The summed E-state index contributed by atoms with van der Waals surface area (Å²) in [7, 11) is 1.42. The number of aliphatic hydroxyl groups is 2. The lowest BCUT2D eigenvalue weighted by molar-refractivity contribution is -0.183. The van der Waals surface area contributed by atoms with Crippen molar-refractivity contribution in [3.05, 3.63) is 94.0 Å². The summed E-state index contributed by atoms with van der Waals surface area (Å²) < 4.78 is 18.0. The van der Waals surface area contributed by atoms with Crippen molar-refractivity contribution in [3.63, 3.8) is 0 Å². The van der Waals surface area contributed by atoms with Crippen LogP contribution in [0, 0.1) is 5.92 Å². The summed E-state index contributed by atoms with van der Waals surface area (Å²) >= 11 is 0. The molecule has 0 amide bonds. The fourth-order valence-corrected chi connectivity index (χ4v) is 8.63. The van der Waals surface area contributed by atoms with Gasteiger partial charge in [0, 0.05) is 43.6 Å². The molecule has 8 rings (SSSR count). The van der Waals surface area contributed by atoms with Crippen LogP contribution >= 0.6 is 0 Å². The van der Waals surface area contributed by atoms with Crippen LogP contribution in [0.3, 0.4) is 0 Å². The van der Waals surface area contributed by atoms with Crippen LogP contribution in [0.5, 0.6) is 23.0 Å². The molecule has 0 aromatic heterocycles. The molecular formula is C33H28O11. The quantitative estimate of drug-likeness (QED) is 0.274. The van der Waals surface area contributed by atoms with Crippen molar-refractivity contribution in [1.82, 2.24) is 0 Å². The number of phenols is 4. The van der Waals surface area contributed by atoms with Crippen LogP contribution in [0.4, 0.5) is 0 Å². The molecule has 0 radical (unpaired) electrons. The average molecular weight is 601 g/mol. The molecule has 2 spiro atoms. The lowest BCUT2D eigenvalue weighted by Crippen LogP contribution is -2.68. The van der Waals surface area contributed by atoms with Crippen molar-refractivity contribution in [2.45, 2.75) is 41.0 Å². The van der Waals surface area contributed by atoms with Gasteiger partial charge >= 0.3 is 0 Å². The van der Waals surface area contributed by atoms with Gasteiger partial charge in [0.1, 0.15) is 47.5 Å². The summed E-state index contributed by atoms with van der Waals surface area (Å²) in [6.45, 7) is -0.489. The van der Waals surface area contributed by atoms with Crippen molar-refractivity contribution in [3.8, 4) is 23.0 Å². The normalized spacial score (nSPS) is 35.9. The number of methoxy groups -OCH3 is 1. The Hall–Kier alpha value is -4.58. The molecule has 2 aromatic rings. The van der Waals surface area contributed by atoms with E-state index in [2.05, 4.69) is 0 Å². The first-order chi connectivity index (χ1) is 20.9. The Kier molecular flexibility index (Phi) is 5.11. The number of hydrogen-bond acceptors (Lipinski definition) is 11. The number of phenolic OH excluding ortho intramolecular Hbond substituents is 4. The lowest BCUT2D eigenvalue weighted by atomic mass is 9.49. The molecule has 2 heterocycles. The van der Waals surface area contributed by atoms with E-state index < -0.39 is 51.3 Å². The topological polar surface area (TPSA) is 183 Å². The van der Waals surface area contributed by atoms with Crippen molar-refractivity contribution in [2.24, 2.45) is 5.92 Å². The summed E-state index contributed by atoms with van der Waals surface area (Å²) in [5.74, 6) is -3.22. The van der Waals surface area contributed by atoms with E-state index in [9.17, 15) is 40.2 Å². The molecule has 2 aliphatic heterocycles. The predicted octanol–water partition coefficient (Wildman–Crippen LogP) is 1.37. The van der Waals surface area contributed by atoms with Crippen molar-refractivity contribution in [1.29, 1.82) is 0 Å². The number of carbonyl (C=O) groups is 2. The number of ketones is 2. The van der Waals surface area contributed by atoms with Crippen LogP contribution < -0.4 is 0 Å². The van der Waals surface area contributed by atoms with E-state index in [0.717, 1.165) is 0 Å². The molecule has 2 fully saturated rings. The minimum absolute atomic E-state index is 0.0276. The number of ether oxygens (including phenoxy) is 3. The molecule has 2 aromatic carbocycles. The molecule has 0 unspecified atom stereocenters. The Morgan fingerprint density at radius 3 is 1.95 bits per heavy atom. The number of fused-ring (bicyclic) bond motifs is 4. The van der Waals surface area contributed by atoms with Crippen molar-refractivity contribution in [2.75, 3.05) is 20.3 Å². The molecule has 2 saturated heterocycles. The standard InChI is InChI=1S/C33H28O11/c1-42-29-31(41)11-16-5-23(37)25(39)8-20(16)33(29)12-18(21(35)9-27(33)44-14-31)28-30(40)10-15-4-22(36)24(38)7-19(15)32(28)3-2-17(34)6-26(32)43-13-30/h2-9,12,28-29,36-41H,10-11,13-14H2,1H3/t28-,29+,30-,31+,32-,33-/m1/s1. The minimum Gasteiger partial charge on any atom is -0.504 e. The van der Waals surface area contributed by atoms with E-state index in [-0.39, 0.29) is 60.4 Å². The maximum atomic E-state index is 14.2. The Balaban J connectivity index is 1.45. The van der Waals surface area contributed by atoms with Crippen LogP contribution in [-0.2, 0) is 47.5 Å². The summed E-state index contributed by atoms with van der Waals surface area (Å²) in [5, 5.41) is 66.2. The Bertz CT molecular complexity index is 1850. The summed E-state index contributed by atoms with van der Waals surface area (Å²) in [6.07, 6.45) is 6.01. The first kappa shape index (κ1) is 27.0. The first-order valence-corrected chi connectivity index (χ1v) is 14.1. The Labute approximate surface area is 250 Å². The van der Waals surface area contributed by atoms with Crippen LogP contribution in [0.15, 0.2) is 71.7 Å². The molecule has 44 heavy (non-hydrogen) atoms. The zero-order valence-corrected chi connectivity index (χ0v) is 23.4. The minimum atomic E-state index is -1.75. The van der Waals surface area contributed by atoms with Gasteiger partial charge in [-0.05, 0) is 52.6 Å². The van der Waals surface area contributed by atoms with Crippen LogP contribution in [0.2, 0.25) is 0 Å². The monoisotopic (exact) mass is 600 g/mol. The van der Waals surface area contributed by atoms with Gasteiger partial charge in [-0.2, -0.15) is 0 Å². The van der Waals surface area contributed by atoms with Gasteiger partial charge in [0.15, 0.2) is 34.6 Å². The molecular weight excluding hydrogens is 572 g/mol. The highest BCUT2D eigenvalue weighted by atomic mass is 16.5. The van der Waals surface area contributed by atoms with Crippen molar-refractivity contribution >= 4 is 11.6 Å². The highest BCUT2D eigenvalue weighted by Gasteiger charge is 2.67. The van der Waals surface area contributed by atoms with Gasteiger partial charge in [-0.1, -0.05) is 12.2 Å². The summed E-state index contributed by atoms with van der Waals surface area (Å²) in [4.78, 5) is 26.8. The first-order valence-electron chi connectivity index (χ1n) is 14.1.